The van der Waals surface area contributed by atoms with E-state index in [1.165, 1.54) is 88.7 Å². The van der Waals surface area contributed by atoms with Gasteiger partial charge in [-0.1, -0.05) is 214 Å². The summed E-state index contributed by atoms with van der Waals surface area (Å²) in [5.41, 5.74) is 20.7. The maximum absolute atomic E-state index is 2.50. The van der Waals surface area contributed by atoms with E-state index in [1.807, 2.05) is 0 Å². The topological polar surface area (TPSA) is 3.24 Å². The van der Waals surface area contributed by atoms with Gasteiger partial charge in [-0.15, -0.1) is 0 Å². The molecule has 0 N–H and O–H groups in total. The number of fused-ring (bicyclic) bond motifs is 7. The zero-order valence-electron chi connectivity index (χ0n) is 35.5. The van der Waals surface area contributed by atoms with E-state index in [1.54, 1.807) is 0 Å². The predicted octanol–water partition coefficient (Wildman–Crippen LogP) is 16.3. The van der Waals surface area contributed by atoms with Crippen LogP contribution in [0.25, 0.3) is 55.3 Å². The van der Waals surface area contributed by atoms with Crippen molar-refractivity contribution in [1.82, 2.24) is 0 Å². The number of nitrogens with zero attached hydrogens (tertiary/aromatic N) is 1. The van der Waals surface area contributed by atoms with Crippen LogP contribution in [0.3, 0.4) is 0 Å². The van der Waals surface area contributed by atoms with E-state index in [0.29, 0.717) is 0 Å². The molecule has 0 atom stereocenters. The Morgan fingerprint density at radius 1 is 0.317 bits per heavy atom. The zero-order chi connectivity index (χ0) is 42.1. The molecule has 0 fully saturated rings. The summed E-state index contributed by atoms with van der Waals surface area (Å²) in [7, 11) is 0. The molecule has 1 heteroatoms. The summed E-state index contributed by atoms with van der Waals surface area (Å²) in [6.45, 7) is 4.79. The minimum atomic E-state index is -0.455. The van der Waals surface area contributed by atoms with Crippen LogP contribution in [0.1, 0.15) is 47.2 Å². The first-order valence-corrected chi connectivity index (χ1v) is 22.1. The second-order valence-corrected chi connectivity index (χ2v) is 17.6. The van der Waals surface area contributed by atoms with Gasteiger partial charge >= 0.3 is 0 Å². The van der Waals surface area contributed by atoms with E-state index in [4.69, 9.17) is 0 Å². The van der Waals surface area contributed by atoms with E-state index < -0.39 is 5.41 Å². The molecule has 0 amide bonds. The Kier molecular flexibility index (Phi) is 8.49. The van der Waals surface area contributed by atoms with Gasteiger partial charge in [0.05, 0.1) is 11.1 Å². The molecule has 298 valence electrons. The molecule has 0 heterocycles. The molecule has 0 spiro atoms. The maximum Gasteiger partial charge on any atom is 0.0713 e. The van der Waals surface area contributed by atoms with Crippen LogP contribution in [0.2, 0.25) is 0 Å². The highest BCUT2D eigenvalue weighted by Crippen LogP contribution is 2.58. The normalized spacial score (nSPS) is 13.8. The molecule has 2 aliphatic rings. The smallest absolute Gasteiger partial charge is 0.0713 e. The van der Waals surface area contributed by atoms with Crippen molar-refractivity contribution in [1.29, 1.82) is 0 Å². The summed E-state index contributed by atoms with van der Waals surface area (Å²) in [6.07, 6.45) is 0. The van der Waals surface area contributed by atoms with Crippen LogP contribution in [-0.2, 0) is 10.8 Å². The lowest BCUT2D eigenvalue weighted by Gasteiger charge is -2.34. The van der Waals surface area contributed by atoms with Crippen molar-refractivity contribution in [2.75, 3.05) is 4.90 Å². The Hall–Kier alpha value is -7.74. The van der Waals surface area contributed by atoms with Crippen LogP contribution >= 0.6 is 0 Å². The first kappa shape index (κ1) is 37.1. The molecular formula is C62H45N. The maximum atomic E-state index is 2.50. The Morgan fingerprint density at radius 2 is 0.810 bits per heavy atom. The summed E-state index contributed by atoms with van der Waals surface area (Å²) in [6, 6.07) is 87.7. The second kappa shape index (κ2) is 14.4. The molecule has 0 radical (unpaired) electrons. The van der Waals surface area contributed by atoms with Crippen molar-refractivity contribution >= 4 is 27.8 Å². The molecule has 0 aliphatic heterocycles. The minimum Gasteiger partial charge on any atom is -0.310 e. The third-order valence-corrected chi connectivity index (χ3v) is 14.0. The molecule has 1 nitrogen and oxygen atoms in total. The Balaban J connectivity index is 1.01. The number of anilines is 3. The molecule has 0 aromatic heterocycles. The van der Waals surface area contributed by atoms with Gasteiger partial charge < -0.3 is 4.90 Å². The van der Waals surface area contributed by atoms with Gasteiger partial charge in [-0.05, 0) is 120 Å². The fraction of sp³-hybridized carbons (Fsp3) is 0.0645. The molecule has 10 aromatic rings. The Labute approximate surface area is 370 Å². The lowest BCUT2D eigenvalue weighted by atomic mass is 9.68. The van der Waals surface area contributed by atoms with Gasteiger partial charge in [-0.2, -0.15) is 0 Å². The standard InChI is InChI=1S/C62H45N/c1-61(2)58-39-46(44-31-29-43(30-32-44)42-17-6-3-7-18-42)33-36-53(58)54-37-34-50(41-59(54)61)63(60-28-16-20-45-19-12-13-25-51(45)60)49-35-38-57-55(40-49)52-26-14-15-27-56(52)62(57,47-21-8-4-9-22-47)48-23-10-5-11-24-48/h3-41H,1-2H3. The third-order valence-electron chi connectivity index (χ3n) is 14.0. The number of hydrogen-bond acceptors (Lipinski definition) is 1. The highest BCUT2D eigenvalue weighted by atomic mass is 15.1. The first-order valence-electron chi connectivity index (χ1n) is 22.1. The van der Waals surface area contributed by atoms with Crippen LogP contribution < -0.4 is 4.90 Å². The largest absolute Gasteiger partial charge is 0.310 e. The van der Waals surface area contributed by atoms with Crippen molar-refractivity contribution in [3.8, 4) is 44.5 Å². The van der Waals surface area contributed by atoms with Crippen molar-refractivity contribution < 1.29 is 0 Å². The van der Waals surface area contributed by atoms with Gasteiger partial charge in [0.2, 0.25) is 0 Å². The van der Waals surface area contributed by atoms with Gasteiger partial charge in [0, 0.05) is 22.2 Å². The second-order valence-electron chi connectivity index (χ2n) is 17.6. The SMILES string of the molecule is CC1(C)c2cc(-c3ccc(-c4ccccc4)cc3)ccc2-c2ccc(N(c3ccc4c(c3)-c3ccccc3C4(c3ccccc3)c3ccccc3)c3cccc4ccccc34)cc21. The fourth-order valence-corrected chi connectivity index (χ4v) is 10.9. The van der Waals surface area contributed by atoms with Gasteiger partial charge in [0.25, 0.3) is 0 Å². The van der Waals surface area contributed by atoms with Crippen LogP contribution in [0.5, 0.6) is 0 Å². The van der Waals surface area contributed by atoms with Gasteiger partial charge in [0.15, 0.2) is 0 Å². The van der Waals surface area contributed by atoms with Crippen molar-refractivity contribution in [3.63, 3.8) is 0 Å². The van der Waals surface area contributed by atoms with E-state index in [9.17, 15) is 0 Å². The Morgan fingerprint density at radius 3 is 1.54 bits per heavy atom. The number of hydrogen-bond donors (Lipinski definition) is 0. The number of rotatable bonds is 7. The molecule has 10 aromatic carbocycles. The van der Waals surface area contributed by atoms with Crippen molar-refractivity contribution in [2.45, 2.75) is 24.7 Å². The highest BCUT2D eigenvalue weighted by Gasteiger charge is 2.46. The van der Waals surface area contributed by atoms with Crippen LogP contribution in [0.4, 0.5) is 17.1 Å². The Bertz CT molecular complexity index is 3300. The van der Waals surface area contributed by atoms with E-state index in [2.05, 4.69) is 255 Å². The summed E-state index contributed by atoms with van der Waals surface area (Å²) >= 11 is 0. The monoisotopic (exact) mass is 803 g/mol. The molecule has 2 aliphatic carbocycles. The quantitative estimate of drug-likeness (QED) is 0.155. The lowest BCUT2D eigenvalue weighted by Crippen LogP contribution is -2.28. The average Bonchev–Trinajstić information content (AvgIpc) is 3.77. The fourth-order valence-electron chi connectivity index (χ4n) is 10.9. The molecular weight excluding hydrogens is 759 g/mol. The third kappa shape index (κ3) is 5.70. The van der Waals surface area contributed by atoms with Gasteiger partial charge in [-0.3, -0.25) is 0 Å². The van der Waals surface area contributed by atoms with Gasteiger partial charge in [-0.25, -0.2) is 0 Å². The van der Waals surface area contributed by atoms with Crippen LogP contribution in [0.15, 0.2) is 237 Å². The molecule has 12 rings (SSSR count). The van der Waals surface area contributed by atoms with Gasteiger partial charge in [0.1, 0.15) is 0 Å². The van der Waals surface area contributed by atoms with Crippen LogP contribution in [-0.4, -0.2) is 0 Å². The summed E-state index contributed by atoms with van der Waals surface area (Å²) in [4.78, 5) is 2.50. The average molecular weight is 804 g/mol. The summed E-state index contributed by atoms with van der Waals surface area (Å²) in [5, 5.41) is 2.44. The summed E-state index contributed by atoms with van der Waals surface area (Å²) in [5.74, 6) is 0. The first-order chi connectivity index (χ1) is 31.0. The molecule has 63 heavy (non-hydrogen) atoms. The highest BCUT2D eigenvalue weighted by molar-refractivity contribution is 6.00. The summed E-state index contributed by atoms with van der Waals surface area (Å²) < 4.78 is 0. The predicted molar refractivity (Wildman–Crippen MR) is 264 cm³/mol. The molecule has 0 bridgehead atoms. The van der Waals surface area contributed by atoms with Crippen molar-refractivity contribution in [3.05, 3.63) is 270 Å². The lowest BCUT2D eigenvalue weighted by molar-refractivity contribution is 0.660. The van der Waals surface area contributed by atoms with Crippen molar-refractivity contribution in [2.24, 2.45) is 0 Å². The molecule has 0 saturated carbocycles. The van der Waals surface area contributed by atoms with E-state index in [-0.39, 0.29) is 5.41 Å². The number of benzene rings is 10. The minimum absolute atomic E-state index is 0.215. The zero-order valence-corrected chi connectivity index (χ0v) is 35.5. The van der Waals surface area contributed by atoms with Crippen LogP contribution in [0, 0.1) is 0 Å². The molecule has 0 unspecified atom stereocenters. The molecule has 0 saturated heterocycles. The van der Waals surface area contributed by atoms with E-state index >= 15 is 0 Å². The van der Waals surface area contributed by atoms with E-state index in [0.717, 1.165) is 17.1 Å².